The molecular formula is C19H19FN4O. The van der Waals surface area contributed by atoms with Crippen LogP contribution in [0.1, 0.15) is 5.56 Å². The van der Waals surface area contributed by atoms with Crippen LogP contribution in [0.15, 0.2) is 60.8 Å². The number of hydrogen-bond acceptors (Lipinski definition) is 2. The smallest absolute Gasteiger partial charge is 0.319 e. The number of aryl methyl sites for hydroxylation is 1. The molecule has 128 valence electrons. The van der Waals surface area contributed by atoms with Gasteiger partial charge in [0, 0.05) is 19.8 Å². The predicted octanol–water partition coefficient (Wildman–Crippen LogP) is 3.59. The molecule has 5 nitrogen and oxygen atoms in total. The highest BCUT2D eigenvalue weighted by Crippen LogP contribution is 2.18. The van der Waals surface area contributed by atoms with Gasteiger partial charge in [0.2, 0.25) is 0 Å². The van der Waals surface area contributed by atoms with Gasteiger partial charge in [-0.05, 0) is 35.7 Å². The molecule has 3 rings (SSSR count). The molecule has 3 aromatic rings. The molecule has 0 atom stereocenters. The molecule has 0 spiro atoms. The van der Waals surface area contributed by atoms with Crippen molar-refractivity contribution in [2.45, 2.75) is 6.42 Å². The van der Waals surface area contributed by atoms with E-state index >= 15 is 0 Å². The molecule has 2 aromatic carbocycles. The average molecular weight is 338 g/mol. The lowest BCUT2D eigenvalue weighted by Gasteiger charge is -2.09. The zero-order chi connectivity index (χ0) is 17.6. The summed E-state index contributed by atoms with van der Waals surface area (Å²) in [6.45, 7) is 0.464. The van der Waals surface area contributed by atoms with Gasteiger partial charge in [0.05, 0.1) is 11.4 Å². The highest BCUT2D eigenvalue weighted by atomic mass is 19.1. The van der Waals surface area contributed by atoms with Gasteiger partial charge < -0.3 is 10.6 Å². The first-order valence-electron chi connectivity index (χ1n) is 8.00. The lowest BCUT2D eigenvalue weighted by atomic mass is 10.1. The van der Waals surface area contributed by atoms with Crippen molar-refractivity contribution >= 4 is 11.7 Å². The summed E-state index contributed by atoms with van der Waals surface area (Å²) in [6, 6.07) is 15.7. The van der Waals surface area contributed by atoms with Crippen molar-refractivity contribution in [1.82, 2.24) is 15.1 Å². The number of urea groups is 1. The Bertz CT molecular complexity index is 858. The van der Waals surface area contributed by atoms with E-state index in [1.54, 1.807) is 18.3 Å². The van der Waals surface area contributed by atoms with E-state index in [4.69, 9.17) is 0 Å². The molecule has 2 N–H and O–H groups in total. The van der Waals surface area contributed by atoms with E-state index in [1.165, 1.54) is 12.1 Å². The first-order chi connectivity index (χ1) is 12.1. The normalized spacial score (nSPS) is 10.5. The van der Waals surface area contributed by atoms with Gasteiger partial charge in [0.15, 0.2) is 0 Å². The SMILES string of the molecule is Cn1nccc1-c1ccc(CCNC(=O)Nc2ccccc2F)cc1. The van der Waals surface area contributed by atoms with Gasteiger partial charge in [0.25, 0.3) is 0 Å². The van der Waals surface area contributed by atoms with Crippen LogP contribution in [0.5, 0.6) is 0 Å². The Morgan fingerprint density at radius 1 is 1.12 bits per heavy atom. The fourth-order valence-electron chi connectivity index (χ4n) is 2.55. The summed E-state index contributed by atoms with van der Waals surface area (Å²) in [5.74, 6) is -0.455. The maximum absolute atomic E-state index is 13.5. The number of rotatable bonds is 5. The minimum atomic E-state index is -0.455. The summed E-state index contributed by atoms with van der Waals surface area (Å²) in [4.78, 5) is 11.8. The first-order valence-corrected chi connectivity index (χ1v) is 8.00. The van der Waals surface area contributed by atoms with Gasteiger partial charge in [-0.25, -0.2) is 9.18 Å². The fraction of sp³-hybridized carbons (Fsp3) is 0.158. The number of amides is 2. The summed E-state index contributed by atoms with van der Waals surface area (Å²) in [6.07, 6.45) is 2.46. The van der Waals surface area contributed by atoms with E-state index < -0.39 is 11.8 Å². The predicted molar refractivity (Wildman–Crippen MR) is 95.8 cm³/mol. The van der Waals surface area contributed by atoms with Gasteiger partial charge in [-0.15, -0.1) is 0 Å². The third kappa shape index (κ3) is 4.23. The van der Waals surface area contributed by atoms with E-state index in [2.05, 4.69) is 15.7 Å². The molecular weight excluding hydrogens is 319 g/mol. The number of nitrogens with zero attached hydrogens (tertiary/aromatic N) is 2. The van der Waals surface area contributed by atoms with Gasteiger partial charge in [0.1, 0.15) is 5.82 Å². The molecule has 0 aliphatic heterocycles. The van der Waals surface area contributed by atoms with Crippen LogP contribution >= 0.6 is 0 Å². The minimum absolute atomic E-state index is 0.167. The summed E-state index contributed by atoms with van der Waals surface area (Å²) in [7, 11) is 1.90. The first kappa shape index (κ1) is 16.7. The quantitative estimate of drug-likeness (QED) is 0.747. The number of aromatic nitrogens is 2. The molecule has 2 amide bonds. The molecule has 0 bridgehead atoms. The van der Waals surface area contributed by atoms with Crippen LogP contribution in [0.3, 0.4) is 0 Å². The molecule has 0 unspecified atom stereocenters. The topological polar surface area (TPSA) is 59.0 Å². The molecule has 1 aromatic heterocycles. The molecule has 0 radical (unpaired) electrons. The molecule has 0 aliphatic carbocycles. The number of anilines is 1. The van der Waals surface area contributed by atoms with Crippen LogP contribution in [0.4, 0.5) is 14.9 Å². The molecule has 0 aliphatic rings. The van der Waals surface area contributed by atoms with E-state index in [-0.39, 0.29) is 5.69 Å². The van der Waals surface area contributed by atoms with Crippen LogP contribution < -0.4 is 10.6 Å². The Morgan fingerprint density at radius 3 is 2.56 bits per heavy atom. The molecule has 0 fully saturated rings. The number of hydrogen-bond donors (Lipinski definition) is 2. The standard InChI is InChI=1S/C19H19FN4O/c1-24-18(11-13-22-24)15-8-6-14(7-9-15)10-12-21-19(25)23-17-5-3-2-4-16(17)20/h2-9,11,13H,10,12H2,1H3,(H2,21,23,25). The second kappa shape index (κ2) is 7.61. The summed E-state index contributed by atoms with van der Waals surface area (Å²) >= 11 is 0. The number of carbonyl (C=O) groups excluding carboxylic acids is 1. The number of halogens is 1. The third-order valence-electron chi connectivity index (χ3n) is 3.89. The van der Waals surface area contributed by atoms with Crippen molar-refractivity contribution in [2.75, 3.05) is 11.9 Å². The Kier molecular flexibility index (Phi) is 5.09. The van der Waals surface area contributed by atoms with Crippen LogP contribution in [0, 0.1) is 5.82 Å². The van der Waals surface area contributed by atoms with Crippen molar-refractivity contribution < 1.29 is 9.18 Å². The number of benzene rings is 2. The molecule has 0 saturated carbocycles. The van der Waals surface area contributed by atoms with Crippen molar-refractivity contribution in [3.05, 3.63) is 72.2 Å². The summed E-state index contributed by atoms with van der Waals surface area (Å²) in [5, 5.41) is 9.38. The van der Waals surface area contributed by atoms with Gasteiger partial charge >= 0.3 is 6.03 Å². The second-order valence-electron chi connectivity index (χ2n) is 5.65. The second-order valence-corrected chi connectivity index (χ2v) is 5.65. The molecule has 25 heavy (non-hydrogen) atoms. The molecule has 0 saturated heterocycles. The summed E-state index contributed by atoms with van der Waals surface area (Å²) < 4.78 is 15.3. The Balaban J connectivity index is 1.50. The highest BCUT2D eigenvalue weighted by molar-refractivity contribution is 5.89. The van der Waals surface area contributed by atoms with Gasteiger partial charge in [-0.2, -0.15) is 5.10 Å². The zero-order valence-corrected chi connectivity index (χ0v) is 13.9. The lowest BCUT2D eigenvalue weighted by molar-refractivity contribution is 0.252. The average Bonchev–Trinajstić information content (AvgIpc) is 3.04. The lowest BCUT2D eigenvalue weighted by Crippen LogP contribution is -2.30. The van der Waals surface area contributed by atoms with Crippen molar-refractivity contribution in [1.29, 1.82) is 0 Å². The van der Waals surface area contributed by atoms with E-state index in [1.807, 2.05) is 42.1 Å². The Hall–Kier alpha value is -3.15. The Labute approximate surface area is 145 Å². The zero-order valence-electron chi connectivity index (χ0n) is 13.9. The van der Waals surface area contributed by atoms with E-state index in [9.17, 15) is 9.18 Å². The minimum Gasteiger partial charge on any atom is -0.338 e. The van der Waals surface area contributed by atoms with E-state index in [0.29, 0.717) is 13.0 Å². The number of para-hydroxylation sites is 1. The van der Waals surface area contributed by atoms with Crippen LogP contribution in [-0.4, -0.2) is 22.4 Å². The maximum Gasteiger partial charge on any atom is 0.319 e. The van der Waals surface area contributed by atoms with Crippen molar-refractivity contribution in [3.8, 4) is 11.3 Å². The highest BCUT2D eigenvalue weighted by Gasteiger charge is 2.06. The maximum atomic E-state index is 13.5. The fourth-order valence-corrected chi connectivity index (χ4v) is 2.55. The van der Waals surface area contributed by atoms with Crippen LogP contribution in [-0.2, 0) is 13.5 Å². The number of carbonyl (C=O) groups is 1. The third-order valence-corrected chi connectivity index (χ3v) is 3.89. The molecule has 1 heterocycles. The van der Waals surface area contributed by atoms with Crippen LogP contribution in [0.25, 0.3) is 11.3 Å². The van der Waals surface area contributed by atoms with E-state index in [0.717, 1.165) is 16.8 Å². The van der Waals surface area contributed by atoms with Crippen molar-refractivity contribution in [2.24, 2.45) is 7.05 Å². The summed E-state index contributed by atoms with van der Waals surface area (Å²) in [5.41, 5.74) is 3.42. The van der Waals surface area contributed by atoms with Gasteiger partial charge in [-0.3, -0.25) is 4.68 Å². The largest absolute Gasteiger partial charge is 0.338 e. The number of nitrogens with one attached hydrogen (secondary N) is 2. The monoisotopic (exact) mass is 338 g/mol. The van der Waals surface area contributed by atoms with Crippen LogP contribution in [0.2, 0.25) is 0 Å². The van der Waals surface area contributed by atoms with Gasteiger partial charge in [-0.1, -0.05) is 36.4 Å². The Morgan fingerprint density at radius 2 is 1.88 bits per heavy atom. The molecule has 6 heteroatoms. The van der Waals surface area contributed by atoms with Crippen molar-refractivity contribution in [3.63, 3.8) is 0 Å².